The third kappa shape index (κ3) is 9.23. The van der Waals surface area contributed by atoms with Crippen LogP contribution in [-0.2, 0) is 20.7 Å². The number of ether oxygens (including phenoxy) is 2. The largest absolute Gasteiger partial charge is 0.508 e. The van der Waals surface area contributed by atoms with Gasteiger partial charge in [-0.3, -0.25) is 9.59 Å². The first kappa shape index (κ1) is 35.0. The number of nitrogens with zero attached hydrogens (tertiary/aromatic N) is 1. The molecule has 0 heterocycles. The first-order valence-corrected chi connectivity index (χ1v) is 15.2. The van der Waals surface area contributed by atoms with Gasteiger partial charge in [0, 0.05) is 17.6 Å². The van der Waals surface area contributed by atoms with Crippen LogP contribution < -0.4 is 15.4 Å². The van der Waals surface area contributed by atoms with Gasteiger partial charge in [0.25, 0.3) is 5.91 Å². The molecule has 242 valence electrons. The van der Waals surface area contributed by atoms with Gasteiger partial charge in [0.1, 0.15) is 29.2 Å². The molecule has 9 heteroatoms. The van der Waals surface area contributed by atoms with Gasteiger partial charge >= 0.3 is 6.09 Å². The number of phenols is 1. The molecule has 45 heavy (non-hydrogen) atoms. The van der Waals surface area contributed by atoms with E-state index < -0.39 is 41.1 Å². The minimum absolute atomic E-state index is 0.0840. The maximum Gasteiger partial charge on any atom is 0.408 e. The third-order valence-electron chi connectivity index (χ3n) is 7.80. The van der Waals surface area contributed by atoms with Crippen molar-refractivity contribution in [3.8, 4) is 11.5 Å². The van der Waals surface area contributed by atoms with Gasteiger partial charge in [0.05, 0.1) is 7.11 Å². The second-order valence-corrected chi connectivity index (χ2v) is 12.9. The lowest BCUT2D eigenvalue weighted by atomic mass is 9.88. The predicted molar refractivity (Wildman–Crippen MR) is 176 cm³/mol. The van der Waals surface area contributed by atoms with Crippen molar-refractivity contribution >= 4 is 23.6 Å². The molecule has 0 saturated heterocycles. The molecule has 0 aliphatic rings. The molecule has 0 bridgehead atoms. The molecule has 0 saturated carbocycles. The van der Waals surface area contributed by atoms with Gasteiger partial charge in [-0.05, 0) is 114 Å². The van der Waals surface area contributed by atoms with E-state index in [1.165, 1.54) is 12.1 Å². The van der Waals surface area contributed by atoms with Gasteiger partial charge in [-0.2, -0.15) is 0 Å². The van der Waals surface area contributed by atoms with Crippen molar-refractivity contribution in [1.82, 2.24) is 10.2 Å². The maximum absolute atomic E-state index is 14.9. The zero-order valence-electron chi connectivity index (χ0n) is 27.9. The van der Waals surface area contributed by atoms with E-state index in [9.17, 15) is 19.5 Å². The topological polar surface area (TPSA) is 117 Å². The Bertz CT molecular complexity index is 1460. The van der Waals surface area contributed by atoms with Gasteiger partial charge in [0.15, 0.2) is 0 Å². The van der Waals surface area contributed by atoms with Crippen LogP contribution in [0.4, 0.5) is 10.5 Å². The summed E-state index contributed by atoms with van der Waals surface area (Å²) >= 11 is 0. The normalized spacial score (nSPS) is 12.9. The number of alkyl carbamates (subject to hydrolysis) is 1. The van der Waals surface area contributed by atoms with Crippen LogP contribution in [0.25, 0.3) is 0 Å². The van der Waals surface area contributed by atoms with E-state index in [0.717, 1.165) is 11.1 Å². The van der Waals surface area contributed by atoms with Crippen LogP contribution in [0, 0.1) is 13.8 Å². The number of aryl methyl sites for hydroxylation is 2. The predicted octanol–water partition coefficient (Wildman–Crippen LogP) is 6.85. The standard InChI is InChI=1S/C36H47N3O6/c1-10-36(7,8)39(33(42)29(38-34(43)45-35(4,5)6)22-25-14-18-27(40)19-15-25)31(30-23(2)12-11-13-24(30)3)32(41)37-26-16-20-28(44-9)21-17-26/h11-21,29,31,40H,10,22H2,1-9H3,(H,37,41)(H,38,43). The molecule has 3 rings (SSSR count). The fourth-order valence-electron chi connectivity index (χ4n) is 5.15. The monoisotopic (exact) mass is 617 g/mol. The number of carbonyl (C=O) groups excluding carboxylic acids is 3. The molecule has 3 aromatic carbocycles. The van der Waals surface area contributed by atoms with Crippen LogP contribution in [0.5, 0.6) is 11.5 Å². The molecule has 3 amide bonds. The highest BCUT2D eigenvalue weighted by Gasteiger charge is 2.44. The molecule has 3 N–H and O–H groups in total. The van der Waals surface area contributed by atoms with E-state index in [4.69, 9.17) is 9.47 Å². The fourth-order valence-corrected chi connectivity index (χ4v) is 5.15. The summed E-state index contributed by atoms with van der Waals surface area (Å²) in [5.74, 6) is -0.110. The number of phenolic OH excluding ortho intramolecular Hbond substituents is 1. The third-order valence-corrected chi connectivity index (χ3v) is 7.80. The van der Waals surface area contributed by atoms with Crippen LogP contribution in [0.1, 0.15) is 76.3 Å². The van der Waals surface area contributed by atoms with Crippen molar-refractivity contribution in [2.45, 2.75) is 91.5 Å². The Labute approximate surface area is 266 Å². The SMILES string of the molecule is CCC(C)(C)N(C(=O)C(Cc1ccc(O)cc1)NC(=O)OC(C)(C)C)C(C(=O)Nc1ccc(OC)cc1)c1c(C)cccc1C. The zero-order valence-corrected chi connectivity index (χ0v) is 27.9. The lowest BCUT2D eigenvalue weighted by Crippen LogP contribution is -2.59. The molecular formula is C36H47N3O6. The maximum atomic E-state index is 14.9. The average Bonchev–Trinajstić information content (AvgIpc) is 2.96. The van der Waals surface area contributed by atoms with E-state index >= 15 is 0 Å². The molecule has 2 unspecified atom stereocenters. The first-order valence-electron chi connectivity index (χ1n) is 15.2. The quantitative estimate of drug-likeness (QED) is 0.217. The summed E-state index contributed by atoms with van der Waals surface area (Å²) in [5.41, 5.74) is 2.05. The summed E-state index contributed by atoms with van der Waals surface area (Å²) in [6, 6.07) is 17.1. The Morgan fingerprint density at radius 3 is 1.98 bits per heavy atom. The van der Waals surface area contributed by atoms with Crippen molar-refractivity contribution in [3.05, 3.63) is 89.0 Å². The number of nitrogens with one attached hydrogen (secondary N) is 2. The van der Waals surface area contributed by atoms with Crippen molar-refractivity contribution in [1.29, 1.82) is 0 Å². The number of hydrogen-bond acceptors (Lipinski definition) is 6. The smallest absolute Gasteiger partial charge is 0.408 e. The van der Waals surface area contributed by atoms with Gasteiger partial charge in [0.2, 0.25) is 5.91 Å². The number of methoxy groups -OCH3 is 1. The molecule has 0 radical (unpaired) electrons. The van der Waals surface area contributed by atoms with E-state index in [1.54, 1.807) is 69.2 Å². The Balaban J connectivity index is 2.18. The first-order chi connectivity index (χ1) is 21.1. The highest BCUT2D eigenvalue weighted by Crippen LogP contribution is 2.36. The van der Waals surface area contributed by atoms with Crippen molar-refractivity contribution < 1.29 is 29.0 Å². The number of anilines is 1. The van der Waals surface area contributed by atoms with Crippen molar-refractivity contribution in [2.75, 3.05) is 12.4 Å². The number of hydrogen-bond donors (Lipinski definition) is 3. The van der Waals surface area contributed by atoms with Crippen LogP contribution in [-0.4, -0.2) is 52.2 Å². The molecule has 0 aromatic heterocycles. The molecule has 0 spiro atoms. The summed E-state index contributed by atoms with van der Waals surface area (Å²) in [4.78, 5) is 44.0. The molecule has 0 aliphatic carbocycles. The van der Waals surface area contributed by atoms with E-state index in [2.05, 4.69) is 10.6 Å². The summed E-state index contributed by atoms with van der Waals surface area (Å²) < 4.78 is 10.8. The Hall–Kier alpha value is -4.53. The van der Waals surface area contributed by atoms with E-state index in [1.807, 2.05) is 52.8 Å². The summed E-state index contributed by atoms with van der Waals surface area (Å²) in [6.07, 6.45) is -0.122. The Morgan fingerprint density at radius 1 is 0.889 bits per heavy atom. The summed E-state index contributed by atoms with van der Waals surface area (Å²) in [5, 5.41) is 15.7. The van der Waals surface area contributed by atoms with Crippen LogP contribution in [0.2, 0.25) is 0 Å². The minimum Gasteiger partial charge on any atom is -0.508 e. The highest BCUT2D eigenvalue weighted by atomic mass is 16.6. The Kier molecular flexibility index (Phi) is 11.3. The van der Waals surface area contributed by atoms with Crippen molar-refractivity contribution in [2.24, 2.45) is 0 Å². The van der Waals surface area contributed by atoms with Gasteiger partial charge in [-0.25, -0.2) is 4.79 Å². The highest BCUT2D eigenvalue weighted by molar-refractivity contribution is 5.99. The second-order valence-electron chi connectivity index (χ2n) is 12.9. The van der Waals surface area contributed by atoms with Crippen LogP contribution >= 0.6 is 0 Å². The number of carbonyl (C=O) groups is 3. The summed E-state index contributed by atoms with van der Waals surface area (Å²) in [6.45, 7) is 14.9. The number of amides is 3. The summed E-state index contributed by atoms with van der Waals surface area (Å²) in [7, 11) is 1.57. The van der Waals surface area contributed by atoms with Gasteiger partial charge in [-0.15, -0.1) is 0 Å². The van der Waals surface area contributed by atoms with Crippen LogP contribution in [0.15, 0.2) is 66.7 Å². The van der Waals surface area contributed by atoms with Crippen molar-refractivity contribution in [3.63, 3.8) is 0 Å². The minimum atomic E-state index is -1.09. The molecule has 3 aromatic rings. The molecule has 0 fully saturated rings. The second kappa shape index (κ2) is 14.5. The van der Waals surface area contributed by atoms with Crippen LogP contribution in [0.3, 0.4) is 0 Å². The van der Waals surface area contributed by atoms with Gasteiger partial charge in [-0.1, -0.05) is 37.3 Å². The molecule has 9 nitrogen and oxygen atoms in total. The average molecular weight is 618 g/mol. The van der Waals surface area contributed by atoms with Gasteiger partial charge < -0.3 is 30.1 Å². The number of rotatable bonds is 11. The van der Waals surface area contributed by atoms with E-state index in [0.29, 0.717) is 29.0 Å². The van der Waals surface area contributed by atoms with E-state index in [-0.39, 0.29) is 12.2 Å². The Morgan fingerprint density at radius 2 is 1.47 bits per heavy atom. The lowest BCUT2D eigenvalue weighted by Gasteiger charge is -2.45. The molecular weight excluding hydrogens is 570 g/mol. The fraction of sp³-hybridized carbons (Fsp3) is 0.417. The number of benzene rings is 3. The zero-order chi connectivity index (χ0) is 33.5. The molecule has 0 aliphatic heterocycles. The number of aromatic hydroxyl groups is 1. The molecule has 2 atom stereocenters. The lowest BCUT2D eigenvalue weighted by molar-refractivity contribution is -0.147.